The second-order valence-corrected chi connectivity index (χ2v) is 6.29. The number of thioether (sulfide) groups is 1. The number of benzene rings is 1. The minimum Gasteiger partial charge on any atom is -0.354 e. The quantitative estimate of drug-likeness (QED) is 0.588. The number of amides is 1. The van der Waals surface area contributed by atoms with Crippen molar-refractivity contribution in [1.29, 1.82) is 5.26 Å². The van der Waals surface area contributed by atoms with Gasteiger partial charge in [0.2, 0.25) is 5.91 Å². The van der Waals surface area contributed by atoms with Crippen molar-refractivity contribution in [2.45, 2.75) is 37.9 Å². The molecule has 0 radical (unpaired) electrons. The van der Waals surface area contributed by atoms with Crippen LogP contribution in [-0.4, -0.2) is 33.0 Å². The lowest BCUT2D eigenvalue weighted by Gasteiger charge is -2.16. The van der Waals surface area contributed by atoms with E-state index in [1.54, 1.807) is 0 Å². The van der Waals surface area contributed by atoms with Crippen molar-refractivity contribution in [2.24, 2.45) is 0 Å². The maximum absolute atomic E-state index is 11.8. The summed E-state index contributed by atoms with van der Waals surface area (Å²) in [5.74, 6) is 0.974. The van der Waals surface area contributed by atoms with Gasteiger partial charge < -0.3 is 5.32 Å². The summed E-state index contributed by atoms with van der Waals surface area (Å²) in [6.07, 6.45) is 1.26. The molecule has 2 rings (SSSR count). The van der Waals surface area contributed by atoms with E-state index in [2.05, 4.69) is 33.9 Å². The van der Waals surface area contributed by atoms with Crippen molar-refractivity contribution in [1.82, 2.24) is 20.1 Å². The van der Waals surface area contributed by atoms with Crippen LogP contribution in [0.2, 0.25) is 0 Å². The lowest BCUT2D eigenvalue weighted by atomic mass is 10.2. The molecule has 7 heteroatoms. The number of nitriles is 1. The highest BCUT2D eigenvalue weighted by Crippen LogP contribution is 2.28. The van der Waals surface area contributed by atoms with Crippen molar-refractivity contribution in [2.75, 3.05) is 12.3 Å². The minimum atomic E-state index is -0.102. The summed E-state index contributed by atoms with van der Waals surface area (Å²) in [5.41, 5.74) is 1.01. The zero-order valence-corrected chi connectivity index (χ0v) is 14.7. The van der Waals surface area contributed by atoms with E-state index >= 15 is 0 Å². The van der Waals surface area contributed by atoms with E-state index in [1.807, 2.05) is 36.4 Å². The average molecular weight is 343 g/mol. The average Bonchev–Trinajstić information content (AvgIpc) is 3.04. The summed E-state index contributed by atoms with van der Waals surface area (Å²) in [5, 5.41) is 20.5. The summed E-state index contributed by atoms with van der Waals surface area (Å²) >= 11 is 1.37. The van der Waals surface area contributed by atoms with Crippen LogP contribution in [-0.2, 0) is 4.79 Å². The molecule has 24 heavy (non-hydrogen) atoms. The van der Waals surface area contributed by atoms with E-state index in [0.717, 1.165) is 23.0 Å². The van der Waals surface area contributed by atoms with Crippen LogP contribution in [0.15, 0.2) is 35.5 Å². The Morgan fingerprint density at radius 1 is 1.38 bits per heavy atom. The van der Waals surface area contributed by atoms with Gasteiger partial charge in [-0.25, -0.2) is 0 Å². The molecule has 6 nitrogen and oxygen atoms in total. The molecular formula is C17H21N5OS. The Labute approximate surface area is 146 Å². The monoisotopic (exact) mass is 343 g/mol. The van der Waals surface area contributed by atoms with E-state index in [1.165, 1.54) is 11.8 Å². The van der Waals surface area contributed by atoms with Crippen LogP contribution in [0.3, 0.4) is 0 Å². The number of rotatable bonds is 8. The Bertz CT molecular complexity index is 708. The van der Waals surface area contributed by atoms with Crippen LogP contribution >= 0.6 is 11.8 Å². The normalized spacial score (nSPS) is 11.7. The molecule has 1 aromatic carbocycles. The fourth-order valence-electron chi connectivity index (χ4n) is 2.18. The van der Waals surface area contributed by atoms with Gasteiger partial charge in [0, 0.05) is 18.2 Å². The van der Waals surface area contributed by atoms with Crippen molar-refractivity contribution < 1.29 is 4.79 Å². The van der Waals surface area contributed by atoms with Crippen LogP contribution in [0.1, 0.15) is 32.7 Å². The molecule has 126 valence electrons. The highest BCUT2D eigenvalue weighted by molar-refractivity contribution is 7.99. The van der Waals surface area contributed by atoms with Crippen LogP contribution in [0.5, 0.6) is 0 Å². The van der Waals surface area contributed by atoms with Crippen LogP contribution in [0.25, 0.3) is 11.4 Å². The van der Waals surface area contributed by atoms with Gasteiger partial charge in [0.15, 0.2) is 11.0 Å². The predicted molar refractivity (Wildman–Crippen MR) is 94.4 cm³/mol. The predicted octanol–water partition coefficient (Wildman–Crippen LogP) is 3.04. The van der Waals surface area contributed by atoms with Gasteiger partial charge in [0.1, 0.15) is 0 Å². The summed E-state index contributed by atoms with van der Waals surface area (Å²) < 4.78 is 2.09. The Kier molecular flexibility index (Phi) is 6.82. The first-order chi connectivity index (χ1) is 11.7. The van der Waals surface area contributed by atoms with Crippen molar-refractivity contribution >= 4 is 17.7 Å². The maximum atomic E-state index is 11.8. The smallest absolute Gasteiger partial charge is 0.230 e. The molecule has 2 aromatic rings. The number of carbonyl (C=O) groups is 1. The van der Waals surface area contributed by atoms with Gasteiger partial charge in [-0.05, 0) is 13.3 Å². The number of carbonyl (C=O) groups excluding carboxylic acids is 1. The third kappa shape index (κ3) is 4.59. The molecule has 1 atom stereocenters. The topological polar surface area (TPSA) is 83.6 Å². The third-order valence-corrected chi connectivity index (χ3v) is 4.56. The maximum Gasteiger partial charge on any atom is 0.230 e. The number of nitrogens with one attached hydrogen (secondary N) is 1. The molecule has 0 bridgehead atoms. The first-order valence-corrected chi connectivity index (χ1v) is 8.92. The first-order valence-electron chi connectivity index (χ1n) is 7.94. The van der Waals surface area contributed by atoms with E-state index < -0.39 is 0 Å². The summed E-state index contributed by atoms with van der Waals surface area (Å²) in [6.45, 7) is 4.61. The van der Waals surface area contributed by atoms with Crippen LogP contribution in [0, 0.1) is 11.3 Å². The van der Waals surface area contributed by atoms with Gasteiger partial charge in [-0.3, -0.25) is 9.36 Å². The second kappa shape index (κ2) is 9.08. The lowest BCUT2D eigenvalue weighted by molar-refractivity contribution is -0.118. The number of nitrogens with zero attached hydrogens (tertiary/aromatic N) is 4. The van der Waals surface area contributed by atoms with Crippen LogP contribution < -0.4 is 5.32 Å². The van der Waals surface area contributed by atoms with Gasteiger partial charge in [-0.2, -0.15) is 5.26 Å². The third-order valence-electron chi connectivity index (χ3n) is 3.62. The lowest BCUT2D eigenvalue weighted by Crippen LogP contribution is -2.26. The van der Waals surface area contributed by atoms with Gasteiger partial charge >= 0.3 is 0 Å². The summed E-state index contributed by atoms with van der Waals surface area (Å²) in [6, 6.07) is 12.2. The second-order valence-electron chi connectivity index (χ2n) is 5.35. The van der Waals surface area contributed by atoms with Gasteiger partial charge in [-0.15, -0.1) is 10.2 Å². The molecular weight excluding hydrogens is 322 g/mol. The van der Waals surface area contributed by atoms with E-state index in [4.69, 9.17) is 5.26 Å². The minimum absolute atomic E-state index is 0.102. The van der Waals surface area contributed by atoms with Gasteiger partial charge in [-0.1, -0.05) is 49.0 Å². The first kappa shape index (κ1) is 18.0. The van der Waals surface area contributed by atoms with E-state index in [9.17, 15) is 4.79 Å². The van der Waals surface area contributed by atoms with Gasteiger partial charge in [0.05, 0.1) is 18.2 Å². The number of aromatic nitrogens is 3. The Morgan fingerprint density at radius 2 is 2.12 bits per heavy atom. The molecule has 0 spiro atoms. The van der Waals surface area contributed by atoms with Crippen molar-refractivity contribution in [3.05, 3.63) is 30.3 Å². The molecule has 0 aliphatic rings. The van der Waals surface area contributed by atoms with Crippen molar-refractivity contribution in [3.63, 3.8) is 0 Å². The molecule has 0 saturated heterocycles. The molecule has 1 aromatic heterocycles. The van der Waals surface area contributed by atoms with E-state index in [0.29, 0.717) is 13.0 Å². The van der Waals surface area contributed by atoms with Crippen LogP contribution in [0.4, 0.5) is 0 Å². The highest BCUT2D eigenvalue weighted by Gasteiger charge is 2.18. The van der Waals surface area contributed by atoms with Gasteiger partial charge in [0.25, 0.3) is 0 Å². The molecule has 0 saturated carbocycles. The standard InChI is InChI=1S/C17H21N5OS/c1-3-13(2)22-16(14-8-5-4-6-9-14)20-21-17(22)24-12-15(23)19-11-7-10-18/h4-6,8-9,13H,3,7,11-12H2,1-2H3,(H,19,23)/t13-/m1/s1. The number of hydrogen-bond acceptors (Lipinski definition) is 5. The molecule has 0 unspecified atom stereocenters. The summed E-state index contributed by atoms with van der Waals surface area (Å²) in [7, 11) is 0. The highest BCUT2D eigenvalue weighted by atomic mass is 32.2. The zero-order chi connectivity index (χ0) is 17.4. The Balaban J connectivity index is 2.14. The molecule has 0 aliphatic heterocycles. The Morgan fingerprint density at radius 3 is 2.79 bits per heavy atom. The fourth-order valence-corrected chi connectivity index (χ4v) is 3.04. The van der Waals surface area contributed by atoms with E-state index in [-0.39, 0.29) is 17.7 Å². The number of hydrogen-bond donors (Lipinski definition) is 1. The molecule has 1 heterocycles. The molecule has 0 fully saturated rings. The summed E-state index contributed by atoms with van der Waals surface area (Å²) in [4.78, 5) is 11.8. The van der Waals surface area contributed by atoms with Crippen molar-refractivity contribution in [3.8, 4) is 17.5 Å². The molecule has 1 amide bonds. The Hall–Kier alpha value is -2.33. The largest absolute Gasteiger partial charge is 0.354 e. The molecule has 1 N–H and O–H groups in total. The SMILES string of the molecule is CC[C@@H](C)n1c(SCC(=O)NCCC#N)nnc1-c1ccccc1. The fraction of sp³-hybridized carbons (Fsp3) is 0.412. The zero-order valence-electron chi connectivity index (χ0n) is 13.9. The molecule has 0 aliphatic carbocycles.